The summed E-state index contributed by atoms with van der Waals surface area (Å²) in [5.41, 5.74) is 2.57. The van der Waals surface area contributed by atoms with Gasteiger partial charge in [-0.25, -0.2) is 0 Å². The zero-order chi connectivity index (χ0) is 12.1. The predicted octanol–water partition coefficient (Wildman–Crippen LogP) is 4.26. The SMILES string of the molecule is CCCC(Cl)C(C)c1ccc(N(C)C)cc1. The second-order valence-corrected chi connectivity index (χ2v) is 5.14. The highest BCUT2D eigenvalue weighted by Crippen LogP contribution is 2.27. The predicted molar refractivity (Wildman–Crippen MR) is 73.7 cm³/mol. The second kappa shape index (κ2) is 6.15. The van der Waals surface area contributed by atoms with Gasteiger partial charge >= 0.3 is 0 Å². The van der Waals surface area contributed by atoms with Gasteiger partial charge in [-0.2, -0.15) is 0 Å². The Morgan fingerprint density at radius 2 is 1.75 bits per heavy atom. The molecular weight excluding hydrogens is 218 g/mol. The molecule has 2 atom stereocenters. The Hall–Kier alpha value is -0.690. The van der Waals surface area contributed by atoms with Crippen molar-refractivity contribution in [2.45, 2.75) is 38.0 Å². The van der Waals surface area contributed by atoms with Crippen LogP contribution in [0.1, 0.15) is 38.2 Å². The second-order valence-electron chi connectivity index (χ2n) is 4.58. The molecular formula is C14H22ClN. The summed E-state index contributed by atoms with van der Waals surface area (Å²) in [5, 5.41) is 0.246. The van der Waals surface area contributed by atoms with Crippen molar-refractivity contribution in [1.82, 2.24) is 0 Å². The summed E-state index contributed by atoms with van der Waals surface area (Å²) in [7, 11) is 4.11. The van der Waals surface area contributed by atoms with Crippen LogP contribution in [0.3, 0.4) is 0 Å². The van der Waals surface area contributed by atoms with Crippen LogP contribution in [0.15, 0.2) is 24.3 Å². The number of hydrogen-bond acceptors (Lipinski definition) is 1. The van der Waals surface area contributed by atoms with Crippen LogP contribution in [-0.4, -0.2) is 19.5 Å². The van der Waals surface area contributed by atoms with E-state index in [1.165, 1.54) is 11.3 Å². The highest BCUT2D eigenvalue weighted by molar-refractivity contribution is 6.21. The molecule has 0 aliphatic rings. The molecule has 0 bridgehead atoms. The van der Waals surface area contributed by atoms with Crippen LogP contribution in [0.5, 0.6) is 0 Å². The summed E-state index contributed by atoms with van der Waals surface area (Å²) in [5.74, 6) is 0.429. The largest absolute Gasteiger partial charge is 0.378 e. The van der Waals surface area contributed by atoms with Gasteiger partial charge in [-0.05, 0) is 30.0 Å². The van der Waals surface area contributed by atoms with Gasteiger partial charge in [0.1, 0.15) is 0 Å². The van der Waals surface area contributed by atoms with Crippen LogP contribution in [0.2, 0.25) is 0 Å². The van der Waals surface area contributed by atoms with E-state index in [0.29, 0.717) is 5.92 Å². The molecule has 16 heavy (non-hydrogen) atoms. The Kier molecular flexibility index (Phi) is 5.14. The monoisotopic (exact) mass is 239 g/mol. The molecule has 1 aromatic rings. The van der Waals surface area contributed by atoms with Crippen molar-refractivity contribution in [2.24, 2.45) is 0 Å². The zero-order valence-corrected chi connectivity index (χ0v) is 11.5. The third-order valence-electron chi connectivity index (χ3n) is 3.04. The quantitative estimate of drug-likeness (QED) is 0.694. The minimum absolute atomic E-state index is 0.246. The van der Waals surface area contributed by atoms with Gasteiger partial charge in [-0.3, -0.25) is 0 Å². The van der Waals surface area contributed by atoms with Crippen molar-refractivity contribution in [3.63, 3.8) is 0 Å². The minimum Gasteiger partial charge on any atom is -0.378 e. The van der Waals surface area contributed by atoms with Gasteiger partial charge in [0.25, 0.3) is 0 Å². The smallest absolute Gasteiger partial charge is 0.0401 e. The van der Waals surface area contributed by atoms with Gasteiger partial charge < -0.3 is 4.90 Å². The maximum absolute atomic E-state index is 6.36. The van der Waals surface area contributed by atoms with Crippen molar-refractivity contribution >= 4 is 17.3 Å². The lowest BCUT2D eigenvalue weighted by Gasteiger charge is -2.19. The molecule has 0 heterocycles. The van der Waals surface area contributed by atoms with Gasteiger partial charge in [0.15, 0.2) is 0 Å². The van der Waals surface area contributed by atoms with E-state index >= 15 is 0 Å². The van der Waals surface area contributed by atoms with Crippen LogP contribution < -0.4 is 4.90 Å². The Morgan fingerprint density at radius 3 is 2.19 bits per heavy atom. The Balaban J connectivity index is 2.73. The van der Waals surface area contributed by atoms with Gasteiger partial charge in [-0.1, -0.05) is 32.4 Å². The number of nitrogens with zero attached hydrogens (tertiary/aromatic N) is 1. The molecule has 0 aliphatic carbocycles. The number of benzene rings is 1. The number of halogens is 1. The molecule has 0 amide bonds. The third kappa shape index (κ3) is 3.41. The highest BCUT2D eigenvalue weighted by Gasteiger charge is 2.15. The van der Waals surface area contributed by atoms with Crippen LogP contribution in [-0.2, 0) is 0 Å². The van der Waals surface area contributed by atoms with Crippen LogP contribution in [0.25, 0.3) is 0 Å². The van der Waals surface area contributed by atoms with Gasteiger partial charge in [0, 0.05) is 25.2 Å². The molecule has 0 aromatic heterocycles. The number of alkyl halides is 1. The van der Waals surface area contributed by atoms with E-state index in [1.807, 2.05) is 0 Å². The van der Waals surface area contributed by atoms with Crippen molar-refractivity contribution in [3.8, 4) is 0 Å². The molecule has 2 heteroatoms. The first-order valence-electron chi connectivity index (χ1n) is 5.97. The standard InChI is InChI=1S/C14H22ClN/c1-5-6-14(15)11(2)12-7-9-13(10-8-12)16(3)4/h7-11,14H,5-6H2,1-4H3. The molecule has 0 fully saturated rings. The summed E-state index contributed by atoms with van der Waals surface area (Å²) in [6.07, 6.45) is 2.23. The molecule has 1 nitrogen and oxygen atoms in total. The van der Waals surface area contributed by atoms with E-state index in [-0.39, 0.29) is 5.38 Å². The maximum atomic E-state index is 6.36. The molecule has 0 aliphatic heterocycles. The van der Waals surface area contributed by atoms with Crippen LogP contribution in [0, 0.1) is 0 Å². The molecule has 0 spiro atoms. The molecule has 2 unspecified atom stereocenters. The van der Waals surface area contributed by atoms with Crippen molar-refractivity contribution in [3.05, 3.63) is 29.8 Å². The number of hydrogen-bond donors (Lipinski definition) is 0. The Bertz CT molecular complexity index is 305. The topological polar surface area (TPSA) is 3.24 Å². The fourth-order valence-corrected chi connectivity index (χ4v) is 2.17. The van der Waals surface area contributed by atoms with E-state index in [9.17, 15) is 0 Å². The lowest BCUT2D eigenvalue weighted by molar-refractivity contribution is 0.634. The first-order valence-corrected chi connectivity index (χ1v) is 6.41. The highest BCUT2D eigenvalue weighted by atomic mass is 35.5. The summed E-state index contributed by atoms with van der Waals surface area (Å²) in [4.78, 5) is 2.11. The average molecular weight is 240 g/mol. The lowest BCUT2D eigenvalue weighted by Crippen LogP contribution is -2.11. The molecule has 1 rings (SSSR count). The van der Waals surface area contributed by atoms with Gasteiger partial charge in [0.05, 0.1) is 0 Å². The van der Waals surface area contributed by atoms with Gasteiger partial charge in [0.2, 0.25) is 0 Å². The molecule has 0 saturated carbocycles. The lowest BCUT2D eigenvalue weighted by atomic mass is 9.95. The van der Waals surface area contributed by atoms with E-state index in [1.54, 1.807) is 0 Å². The summed E-state index contributed by atoms with van der Waals surface area (Å²) >= 11 is 6.36. The normalized spacial score (nSPS) is 14.6. The third-order valence-corrected chi connectivity index (χ3v) is 3.64. The van der Waals surface area contributed by atoms with Crippen LogP contribution in [0.4, 0.5) is 5.69 Å². The average Bonchev–Trinajstić information content (AvgIpc) is 2.28. The van der Waals surface area contributed by atoms with E-state index < -0.39 is 0 Å². The van der Waals surface area contributed by atoms with Crippen molar-refractivity contribution in [1.29, 1.82) is 0 Å². The minimum atomic E-state index is 0.246. The number of rotatable bonds is 5. The maximum Gasteiger partial charge on any atom is 0.0401 e. The fourth-order valence-electron chi connectivity index (χ4n) is 1.81. The van der Waals surface area contributed by atoms with Crippen LogP contribution >= 0.6 is 11.6 Å². The summed E-state index contributed by atoms with van der Waals surface area (Å²) in [6.45, 7) is 4.38. The Labute approximate surface area is 104 Å². The molecule has 0 radical (unpaired) electrons. The fraction of sp³-hybridized carbons (Fsp3) is 0.571. The molecule has 0 N–H and O–H groups in total. The van der Waals surface area contributed by atoms with E-state index in [2.05, 4.69) is 57.1 Å². The molecule has 90 valence electrons. The Morgan fingerprint density at radius 1 is 1.19 bits per heavy atom. The van der Waals surface area contributed by atoms with Crippen molar-refractivity contribution < 1.29 is 0 Å². The zero-order valence-electron chi connectivity index (χ0n) is 10.7. The molecule has 1 aromatic carbocycles. The van der Waals surface area contributed by atoms with Crippen molar-refractivity contribution in [2.75, 3.05) is 19.0 Å². The molecule has 0 saturated heterocycles. The van der Waals surface area contributed by atoms with E-state index in [4.69, 9.17) is 11.6 Å². The van der Waals surface area contributed by atoms with Gasteiger partial charge in [-0.15, -0.1) is 11.6 Å². The first kappa shape index (κ1) is 13.4. The van der Waals surface area contributed by atoms with E-state index in [0.717, 1.165) is 12.8 Å². The number of anilines is 1. The summed E-state index contributed by atoms with van der Waals surface area (Å²) in [6, 6.07) is 8.68. The summed E-state index contributed by atoms with van der Waals surface area (Å²) < 4.78 is 0. The first-order chi connectivity index (χ1) is 7.56.